The molecule has 0 fully saturated rings. The largest absolute Gasteiger partial charge is 0.416 e. The fourth-order valence-corrected chi connectivity index (χ4v) is 4.83. The van der Waals surface area contributed by atoms with E-state index in [2.05, 4.69) is 10.6 Å². The molecule has 4 N–H and O–H groups in total. The molecule has 43 heavy (non-hydrogen) atoms. The van der Waals surface area contributed by atoms with E-state index in [4.69, 9.17) is 17.3 Å². The van der Waals surface area contributed by atoms with Gasteiger partial charge in [-0.3, -0.25) is 14.4 Å². The van der Waals surface area contributed by atoms with Gasteiger partial charge in [-0.05, 0) is 43.2 Å². The zero-order valence-electron chi connectivity index (χ0n) is 21.8. The van der Waals surface area contributed by atoms with Gasteiger partial charge in [-0.2, -0.15) is 39.5 Å². The minimum Gasteiger partial charge on any atom is -0.369 e. The molecule has 1 heterocycles. The summed E-state index contributed by atoms with van der Waals surface area (Å²) in [6.45, 7) is -0.581. The van der Waals surface area contributed by atoms with Gasteiger partial charge in [0.1, 0.15) is 6.04 Å². The Hall–Kier alpha value is -3.69. The molecule has 0 bridgehead atoms. The van der Waals surface area contributed by atoms with E-state index in [0.717, 1.165) is 18.2 Å². The number of hydrogen-bond donors (Lipinski definition) is 3. The Morgan fingerprint density at radius 3 is 2.09 bits per heavy atom. The lowest BCUT2D eigenvalue weighted by atomic mass is 9.83. The smallest absolute Gasteiger partial charge is 0.369 e. The number of benzene rings is 2. The van der Waals surface area contributed by atoms with Crippen LogP contribution in [0.4, 0.5) is 56.6 Å². The van der Waals surface area contributed by atoms with Gasteiger partial charge >= 0.3 is 18.5 Å². The molecule has 1 aliphatic heterocycles. The molecule has 7 nitrogen and oxygen atoms in total. The number of carbonyl (C=O) groups excluding carboxylic acids is 3. The molecule has 2 aromatic carbocycles. The van der Waals surface area contributed by atoms with Crippen LogP contribution in [0, 0.1) is 11.8 Å². The molecular weight excluding hydrogens is 623 g/mol. The van der Waals surface area contributed by atoms with Gasteiger partial charge in [-0.15, -0.1) is 0 Å². The molecule has 3 rings (SSSR count). The van der Waals surface area contributed by atoms with Crippen molar-refractivity contribution in [3.63, 3.8) is 0 Å². The molecule has 0 saturated carbocycles. The number of nitrogens with two attached hydrogens (primary N) is 1. The topological polar surface area (TPSA) is 105 Å². The highest BCUT2D eigenvalue weighted by Gasteiger charge is 2.41. The number of para-hydroxylation sites is 1. The first-order chi connectivity index (χ1) is 19.8. The maximum Gasteiger partial charge on any atom is 0.416 e. The minimum absolute atomic E-state index is 0.0428. The SMILES string of the molecule is NC(=O)[C@@H](CCC(F)(F)F)[C@@H](CCC(F)(F)F)C(=O)N[C@H]1CN(c2cccc(C(F)(F)F)c2)c2cccc(Cl)c2NC1=O. The molecule has 2 aromatic rings. The molecule has 0 aliphatic carbocycles. The van der Waals surface area contributed by atoms with Gasteiger partial charge < -0.3 is 21.3 Å². The molecule has 0 unspecified atom stereocenters. The summed E-state index contributed by atoms with van der Waals surface area (Å²) in [6, 6.07) is 6.40. The van der Waals surface area contributed by atoms with Gasteiger partial charge in [0, 0.05) is 30.4 Å². The van der Waals surface area contributed by atoms with Gasteiger partial charge in [0.15, 0.2) is 0 Å². The summed E-state index contributed by atoms with van der Waals surface area (Å²) in [7, 11) is 0. The normalized spacial score (nSPS) is 17.4. The number of anilines is 3. The lowest BCUT2D eigenvalue weighted by molar-refractivity contribution is -0.152. The Balaban J connectivity index is 2.00. The number of fused-ring (bicyclic) bond motifs is 1. The van der Waals surface area contributed by atoms with E-state index in [-0.39, 0.29) is 22.1 Å². The average Bonchev–Trinajstić information content (AvgIpc) is 3.01. The highest BCUT2D eigenvalue weighted by molar-refractivity contribution is 6.34. The Kier molecular flexibility index (Phi) is 10.1. The predicted octanol–water partition coefficient (Wildman–Crippen LogP) is 6.34. The van der Waals surface area contributed by atoms with E-state index in [1.54, 1.807) is 0 Å². The summed E-state index contributed by atoms with van der Waals surface area (Å²) in [4.78, 5) is 39.7. The Morgan fingerprint density at radius 2 is 1.53 bits per heavy atom. The average molecular weight is 647 g/mol. The van der Waals surface area contributed by atoms with E-state index >= 15 is 0 Å². The standard InChI is InChI=1S/C26H24ClF9N4O3/c27-17-5-2-6-19-20(17)39-23(43)18(12-40(19)14-4-1-3-13(11-14)26(34,35)36)38-22(42)16(8-10-25(31,32)33)15(21(37)41)7-9-24(28,29)30/h1-6,11,15-16,18H,7-10,12H2,(H2,37,41)(H,38,42)(H,39,43)/t15-,16+,18-/m0/s1. The third-order valence-electron chi connectivity index (χ3n) is 6.68. The van der Waals surface area contributed by atoms with Crippen LogP contribution >= 0.6 is 11.6 Å². The van der Waals surface area contributed by atoms with Crippen LogP contribution < -0.4 is 21.3 Å². The van der Waals surface area contributed by atoms with Crippen LogP contribution in [0.3, 0.4) is 0 Å². The second kappa shape index (κ2) is 12.9. The van der Waals surface area contributed by atoms with Crippen molar-refractivity contribution in [3.8, 4) is 0 Å². The van der Waals surface area contributed by atoms with Crippen LogP contribution in [-0.2, 0) is 20.6 Å². The number of nitrogens with zero attached hydrogens (tertiary/aromatic N) is 1. The first kappa shape index (κ1) is 33.8. The first-order valence-corrected chi connectivity index (χ1v) is 12.9. The second-order valence-corrected chi connectivity index (χ2v) is 10.2. The number of alkyl halides is 9. The van der Waals surface area contributed by atoms with E-state index in [0.29, 0.717) is 0 Å². The number of rotatable bonds is 9. The lowest BCUT2D eigenvalue weighted by Gasteiger charge is -2.30. The van der Waals surface area contributed by atoms with Gasteiger partial charge in [0.2, 0.25) is 17.7 Å². The summed E-state index contributed by atoms with van der Waals surface area (Å²) in [5.74, 6) is -7.83. The van der Waals surface area contributed by atoms with Crippen molar-refractivity contribution in [3.05, 3.63) is 53.1 Å². The van der Waals surface area contributed by atoms with E-state index in [1.807, 2.05) is 0 Å². The fraction of sp³-hybridized carbons (Fsp3) is 0.423. The number of amides is 3. The zero-order chi connectivity index (χ0) is 32.3. The van der Waals surface area contributed by atoms with Crippen molar-refractivity contribution in [2.75, 3.05) is 16.8 Å². The maximum atomic E-state index is 13.5. The number of hydrogen-bond acceptors (Lipinski definition) is 4. The van der Waals surface area contributed by atoms with Crippen molar-refractivity contribution in [2.24, 2.45) is 17.6 Å². The second-order valence-electron chi connectivity index (χ2n) is 9.77. The van der Waals surface area contributed by atoms with Crippen molar-refractivity contribution in [1.29, 1.82) is 0 Å². The molecular formula is C26H24ClF9N4O3. The molecule has 17 heteroatoms. The van der Waals surface area contributed by atoms with Crippen molar-refractivity contribution in [1.82, 2.24) is 5.32 Å². The van der Waals surface area contributed by atoms with Crippen LogP contribution in [0.5, 0.6) is 0 Å². The molecule has 3 atom stereocenters. The first-order valence-electron chi connectivity index (χ1n) is 12.5. The third kappa shape index (κ3) is 9.15. The monoisotopic (exact) mass is 646 g/mol. The quantitative estimate of drug-likeness (QED) is 0.277. The highest BCUT2D eigenvalue weighted by atomic mass is 35.5. The summed E-state index contributed by atoms with van der Waals surface area (Å²) in [5, 5.41) is 4.53. The van der Waals surface area contributed by atoms with Gasteiger partial charge in [-0.25, -0.2) is 0 Å². The molecule has 0 radical (unpaired) electrons. The van der Waals surface area contributed by atoms with Crippen molar-refractivity contribution in [2.45, 2.75) is 50.3 Å². The Labute approximate surface area is 243 Å². The minimum atomic E-state index is -4.86. The summed E-state index contributed by atoms with van der Waals surface area (Å²) in [5.41, 5.74) is 4.07. The lowest BCUT2D eigenvalue weighted by Crippen LogP contribution is -2.52. The molecule has 1 aliphatic rings. The number of halogens is 10. The zero-order valence-corrected chi connectivity index (χ0v) is 22.6. The summed E-state index contributed by atoms with van der Waals surface area (Å²) in [6.07, 6.45) is -19.9. The van der Waals surface area contributed by atoms with Crippen LogP contribution in [-0.4, -0.2) is 42.7 Å². The molecule has 0 saturated heterocycles. The van der Waals surface area contributed by atoms with Crippen LogP contribution in [0.15, 0.2) is 42.5 Å². The van der Waals surface area contributed by atoms with E-state index in [9.17, 15) is 53.9 Å². The fourth-order valence-electron chi connectivity index (χ4n) is 4.62. The molecule has 0 aromatic heterocycles. The maximum absolute atomic E-state index is 13.5. The predicted molar refractivity (Wildman–Crippen MR) is 137 cm³/mol. The molecule has 0 spiro atoms. The Morgan fingerprint density at radius 1 is 0.953 bits per heavy atom. The van der Waals surface area contributed by atoms with E-state index < -0.39 is 91.9 Å². The number of primary amides is 1. The molecule has 236 valence electrons. The number of carbonyl (C=O) groups is 3. The van der Waals surface area contributed by atoms with Gasteiger partial charge in [0.25, 0.3) is 0 Å². The Bertz CT molecular complexity index is 1350. The highest BCUT2D eigenvalue weighted by Crippen LogP contribution is 2.41. The van der Waals surface area contributed by atoms with Crippen molar-refractivity contribution < 1.29 is 53.9 Å². The van der Waals surface area contributed by atoms with Gasteiger partial charge in [-0.1, -0.05) is 23.7 Å². The van der Waals surface area contributed by atoms with Crippen LogP contribution in [0.1, 0.15) is 31.2 Å². The number of nitrogens with one attached hydrogen (secondary N) is 2. The van der Waals surface area contributed by atoms with E-state index in [1.165, 1.54) is 29.2 Å². The van der Waals surface area contributed by atoms with Gasteiger partial charge in [0.05, 0.1) is 28.5 Å². The molecule has 3 amide bonds. The summed E-state index contributed by atoms with van der Waals surface area (Å²) >= 11 is 6.21. The van der Waals surface area contributed by atoms with Crippen LogP contribution in [0.25, 0.3) is 0 Å². The van der Waals surface area contributed by atoms with Crippen LogP contribution in [0.2, 0.25) is 5.02 Å². The summed E-state index contributed by atoms with van der Waals surface area (Å²) < 4.78 is 118. The third-order valence-corrected chi connectivity index (χ3v) is 6.99. The van der Waals surface area contributed by atoms with Crippen molar-refractivity contribution >= 4 is 46.4 Å².